The number of fused-ring (bicyclic) bond motifs is 5. The first kappa shape index (κ1) is 19.9. The zero-order valence-electron chi connectivity index (χ0n) is 17.1. The second-order valence-electron chi connectivity index (χ2n) is 9.32. The summed E-state index contributed by atoms with van der Waals surface area (Å²) < 4.78 is 40.4. The van der Waals surface area contributed by atoms with E-state index in [2.05, 4.69) is 11.9 Å². The van der Waals surface area contributed by atoms with Crippen LogP contribution in [0.3, 0.4) is 0 Å². The second-order valence-corrected chi connectivity index (χ2v) is 11.2. The van der Waals surface area contributed by atoms with Crippen molar-refractivity contribution in [2.45, 2.75) is 61.9 Å². The van der Waals surface area contributed by atoms with Gasteiger partial charge >= 0.3 is 0 Å². The fraction of sp³-hybridized carbons (Fsp3) is 0.500. The number of sulfone groups is 1. The number of benzene rings is 1. The van der Waals surface area contributed by atoms with Crippen molar-refractivity contribution in [2.75, 3.05) is 0 Å². The van der Waals surface area contributed by atoms with Gasteiger partial charge in [-0.05, 0) is 73.1 Å². The highest BCUT2D eigenvalue weighted by Crippen LogP contribution is 2.59. The van der Waals surface area contributed by atoms with Gasteiger partial charge in [0.25, 0.3) is 0 Å². The molecule has 3 aliphatic rings. The number of pyridine rings is 1. The van der Waals surface area contributed by atoms with Crippen molar-refractivity contribution in [1.82, 2.24) is 4.98 Å². The Labute approximate surface area is 176 Å². The highest BCUT2D eigenvalue weighted by Gasteiger charge is 2.54. The molecule has 1 heterocycles. The summed E-state index contributed by atoms with van der Waals surface area (Å²) in [7, 11) is -4.18. The number of halogens is 1. The van der Waals surface area contributed by atoms with Crippen molar-refractivity contribution in [1.29, 1.82) is 0 Å². The average Bonchev–Trinajstić information content (AvgIpc) is 3.07. The van der Waals surface area contributed by atoms with E-state index in [1.165, 1.54) is 17.8 Å². The maximum Gasteiger partial charge on any atom is 0.231 e. The minimum atomic E-state index is -4.18. The van der Waals surface area contributed by atoms with Gasteiger partial charge in [-0.2, -0.15) is 0 Å². The topological polar surface area (TPSA) is 64.1 Å². The number of rotatable bonds is 3. The van der Waals surface area contributed by atoms with Gasteiger partial charge in [-0.3, -0.25) is 4.79 Å². The molecule has 158 valence electrons. The monoisotopic (exact) mass is 427 g/mol. The van der Waals surface area contributed by atoms with Gasteiger partial charge < -0.3 is 0 Å². The fourth-order valence-electron chi connectivity index (χ4n) is 6.32. The summed E-state index contributed by atoms with van der Waals surface area (Å²) in [6, 6.07) is 9.78. The third kappa shape index (κ3) is 2.87. The quantitative estimate of drug-likeness (QED) is 0.695. The lowest BCUT2D eigenvalue weighted by Crippen LogP contribution is -2.42. The summed E-state index contributed by atoms with van der Waals surface area (Å²) in [6.45, 7) is 2.15. The van der Waals surface area contributed by atoms with Crippen molar-refractivity contribution in [2.24, 2.45) is 17.3 Å². The van der Waals surface area contributed by atoms with E-state index in [4.69, 9.17) is 0 Å². The molecular formula is C24H26FNO3S. The van der Waals surface area contributed by atoms with Gasteiger partial charge in [0, 0.05) is 23.6 Å². The lowest BCUT2D eigenvalue weighted by atomic mass is 9.55. The number of hydrogen-bond donors (Lipinski definition) is 0. The summed E-state index contributed by atoms with van der Waals surface area (Å²) in [5.41, 5.74) is 0.158. The summed E-state index contributed by atoms with van der Waals surface area (Å²) in [5, 5.41) is -0.243. The van der Waals surface area contributed by atoms with Crippen LogP contribution in [-0.4, -0.2) is 19.2 Å². The Balaban J connectivity index is 1.45. The molecule has 0 amide bonds. The number of carbonyl (C=O) groups is 1. The summed E-state index contributed by atoms with van der Waals surface area (Å²) in [5.74, 6) is 1.74. The predicted octanol–water partition coefficient (Wildman–Crippen LogP) is 4.95. The number of nitrogens with zero attached hydrogens (tertiary/aromatic N) is 1. The standard InChI is InChI=1S/C24H26FNO3S/c1-24-12-11-18-17-7-6-16(23(25)30(28,29)22-4-2-3-13-26-22)14-15(17)5-8-19(18)20(24)9-10-21(24)27/h2-4,6-7,13-14,18-20,23H,5,8-12H2,1H3/t18-,19-,20+,23?,24+/m1/s1. The van der Waals surface area contributed by atoms with Crippen molar-refractivity contribution in [3.63, 3.8) is 0 Å². The van der Waals surface area contributed by atoms with Gasteiger partial charge in [-0.1, -0.05) is 31.2 Å². The van der Waals surface area contributed by atoms with Crippen LogP contribution in [0.5, 0.6) is 0 Å². The lowest BCUT2D eigenvalue weighted by Gasteiger charge is -2.48. The van der Waals surface area contributed by atoms with Crippen molar-refractivity contribution in [3.8, 4) is 0 Å². The van der Waals surface area contributed by atoms with Crippen LogP contribution >= 0.6 is 0 Å². The molecule has 6 heteroatoms. The van der Waals surface area contributed by atoms with E-state index in [0.29, 0.717) is 30.0 Å². The molecule has 1 unspecified atom stereocenters. The minimum Gasteiger partial charge on any atom is -0.299 e. The van der Waals surface area contributed by atoms with Crippen LogP contribution in [0.4, 0.5) is 4.39 Å². The van der Waals surface area contributed by atoms with Gasteiger partial charge in [0.15, 0.2) is 5.03 Å². The van der Waals surface area contributed by atoms with Crippen LogP contribution in [0.2, 0.25) is 0 Å². The molecule has 4 nitrogen and oxygen atoms in total. The number of alkyl halides is 1. The van der Waals surface area contributed by atoms with Gasteiger partial charge in [-0.15, -0.1) is 0 Å². The van der Waals surface area contributed by atoms with Crippen LogP contribution in [0.1, 0.15) is 67.1 Å². The van der Waals surface area contributed by atoms with Gasteiger partial charge in [0.2, 0.25) is 15.3 Å². The van der Waals surface area contributed by atoms with E-state index >= 15 is 4.39 Å². The fourth-order valence-corrected chi connectivity index (χ4v) is 7.51. The molecule has 5 rings (SSSR count). The number of ketones is 1. The van der Waals surface area contributed by atoms with Crippen LogP contribution in [0.15, 0.2) is 47.6 Å². The number of Topliss-reactive ketones (excluding diaryl/α,β-unsaturated/α-hetero) is 1. The lowest BCUT2D eigenvalue weighted by molar-refractivity contribution is -0.129. The van der Waals surface area contributed by atoms with Gasteiger partial charge in [-0.25, -0.2) is 17.8 Å². The number of aryl methyl sites for hydroxylation is 1. The zero-order valence-corrected chi connectivity index (χ0v) is 17.9. The first-order valence-electron chi connectivity index (χ1n) is 10.8. The number of aromatic nitrogens is 1. The molecule has 0 aliphatic heterocycles. The largest absolute Gasteiger partial charge is 0.299 e. The van der Waals surface area contributed by atoms with Crippen molar-refractivity contribution < 1.29 is 17.6 Å². The Hall–Kier alpha value is -2.08. The molecule has 0 N–H and O–H groups in total. The highest BCUT2D eigenvalue weighted by atomic mass is 32.2. The molecule has 2 saturated carbocycles. The Morgan fingerprint density at radius 2 is 1.97 bits per heavy atom. The maximum absolute atomic E-state index is 15.1. The second kappa shape index (κ2) is 6.98. The SMILES string of the molecule is C[C@]12CC[C@@H]3c4ccc(C(F)S(=O)(=O)c5ccccn5)cc4CC[C@H]3[C@@H]1CCC2=O. The molecule has 2 aromatic rings. The van der Waals surface area contributed by atoms with Crippen LogP contribution < -0.4 is 0 Å². The third-order valence-electron chi connectivity index (χ3n) is 7.92. The van der Waals surface area contributed by atoms with E-state index < -0.39 is 15.3 Å². The number of hydrogen-bond acceptors (Lipinski definition) is 4. The first-order chi connectivity index (χ1) is 14.3. The van der Waals surface area contributed by atoms with E-state index in [1.807, 2.05) is 6.07 Å². The molecule has 0 spiro atoms. The third-order valence-corrected chi connectivity index (χ3v) is 9.56. The molecule has 0 bridgehead atoms. The molecule has 0 saturated heterocycles. The van der Waals surface area contributed by atoms with Gasteiger partial charge in [0.05, 0.1) is 0 Å². The zero-order chi connectivity index (χ0) is 21.1. The molecule has 5 atom stereocenters. The van der Waals surface area contributed by atoms with E-state index in [9.17, 15) is 13.2 Å². The Morgan fingerprint density at radius 3 is 2.73 bits per heavy atom. The smallest absolute Gasteiger partial charge is 0.231 e. The maximum atomic E-state index is 15.1. The van der Waals surface area contributed by atoms with E-state index in [1.54, 1.807) is 24.3 Å². The summed E-state index contributed by atoms with van der Waals surface area (Å²) in [6.07, 6.45) is 6.72. The molecular weight excluding hydrogens is 401 g/mol. The highest BCUT2D eigenvalue weighted by molar-refractivity contribution is 7.91. The summed E-state index contributed by atoms with van der Waals surface area (Å²) >= 11 is 0. The molecule has 30 heavy (non-hydrogen) atoms. The predicted molar refractivity (Wildman–Crippen MR) is 111 cm³/mol. The Morgan fingerprint density at radius 1 is 1.13 bits per heavy atom. The Kier molecular flexibility index (Phi) is 4.62. The van der Waals surface area contributed by atoms with Gasteiger partial charge in [0.1, 0.15) is 5.78 Å². The van der Waals surface area contributed by atoms with Crippen LogP contribution in [0, 0.1) is 17.3 Å². The summed E-state index contributed by atoms with van der Waals surface area (Å²) in [4.78, 5) is 16.3. The molecule has 3 aliphatic carbocycles. The molecule has 1 aromatic heterocycles. The van der Waals surface area contributed by atoms with E-state index in [0.717, 1.165) is 37.7 Å². The molecule has 0 radical (unpaired) electrons. The molecule has 2 fully saturated rings. The Bertz CT molecular complexity index is 1100. The van der Waals surface area contributed by atoms with Crippen LogP contribution in [0.25, 0.3) is 0 Å². The number of carbonyl (C=O) groups excluding carboxylic acids is 1. The van der Waals surface area contributed by atoms with Crippen molar-refractivity contribution >= 4 is 15.6 Å². The van der Waals surface area contributed by atoms with Crippen LogP contribution in [-0.2, 0) is 21.1 Å². The normalized spacial score (nSPS) is 31.5. The average molecular weight is 428 g/mol. The first-order valence-corrected chi connectivity index (χ1v) is 12.3. The minimum absolute atomic E-state index is 0.167. The van der Waals surface area contributed by atoms with Crippen molar-refractivity contribution in [3.05, 3.63) is 59.3 Å². The molecule has 1 aromatic carbocycles. The van der Waals surface area contributed by atoms with E-state index in [-0.39, 0.29) is 16.0 Å².